The minimum Gasteiger partial charge on any atom is -0.356 e. The van der Waals surface area contributed by atoms with Crippen molar-refractivity contribution < 1.29 is 0 Å². The van der Waals surface area contributed by atoms with Gasteiger partial charge in [-0.25, -0.2) is 0 Å². The van der Waals surface area contributed by atoms with Crippen LogP contribution in [0.5, 0.6) is 0 Å². The molecule has 0 aromatic heterocycles. The number of guanidine groups is 1. The van der Waals surface area contributed by atoms with Crippen molar-refractivity contribution in [2.45, 2.75) is 45.4 Å². The molecular weight excluding hydrogens is 325 g/mol. The van der Waals surface area contributed by atoms with Gasteiger partial charge in [-0.2, -0.15) is 0 Å². The van der Waals surface area contributed by atoms with E-state index in [9.17, 15) is 0 Å². The minimum absolute atomic E-state index is 0. The summed E-state index contributed by atoms with van der Waals surface area (Å²) < 4.78 is 0. The quantitative estimate of drug-likeness (QED) is 0.768. The predicted molar refractivity (Wildman–Crippen MR) is 84.1 cm³/mol. The van der Waals surface area contributed by atoms with E-state index in [1.807, 2.05) is 0 Å². The fourth-order valence-corrected chi connectivity index (χ4v) is 2.74. The molecule has 2 N–H and O–H groups in total. The highest BCUT2D eigenvalue weighted by Crippen LogP contribution is 2.29. The zero-order valence-corrected chi connectivity index (χ0v) is 13.2. The topological polar surface area (TPSA) is 36.4 Å². The Morgan fingerprint density at radius 3 is 2.53 bits per heavy atom. The molecule has 17 heavy (non-hydrogen) atoms. The molecule has 1 aliphatic carbocycles. The summed E-state index contributed by atoms with van der Waals surface area (Å²) in [6.07, 6.45) is 8.21. The highest BCUT2D eigenvalue weighted by Gasteiger charge is 2.20. The third-order valence-corrected chi connectivity index (χ3v) is 4.00. The number of hydrogen-bond acceptors (Lipinski definition) is 3. The summed E-state index contributed by atoms with van der Waals surface area (Å²) in [5.41, 5.74) is 0. The normalized spacial score (nSPS) is 28.6. The van der Waals surface area contributed by atoms with Crippen LogP contribution >= 0.6 is 24.0 Å². The third kappa shape index (κ3) is 5.02. The summed E-state index contributed by atoms with van der Waals surface area (Å²) in [6.45, 7) is 5.50. The first-order chi connectivity index (χ1) is 7.88. The summed E-state index contributed by atoms with van der Waals surface area (Å²) in [5.74, 6) is 2.90. The highest BCUT2D eigenvalue weighted by atomic mass is 127. The summed E-state index contributed by atoms with van der Waals surface area (Å²) in [7, 11) is 0. The van der Waals surface area contributed by atoms with Crippen LogP contribution in [0.2, 0.25) is 0 Å². The lowest BCUT2D eigenvalue weighted by Crippen LogP contribution is -2.43. The van der Waals surface area contributed by atoms with E-state index in [1.54, 1.807) is 0 Å². The second-order valence-electron chi connectivity index (χ2n) is 5.19. The number of hydrogen-bond donors (Lipinski definition) is 2. The van der Waals surface area contributed by atoms with Crippen molar-refractivity contribution >= 4 is 29.9 Å². The van der Waals surface area contributed by atoms with Crippen LogP contribution in [0.1, 0.15) is 45.4 Å². The zero-order chi connectivity index (χ0) is 11.2. The maximum absolute atomic E-state index is 4.44. The van der Waals surface area contributed by atoms with Crippen LogP contribution < -0.4 is 10.6 Å². The van der Waals surface area contributed by atoms with Crippen molar-refractivity contribution in [3.05, 3.63) is 0 Å². The lowest BCUT2D eigenvalue weighted by atomic mass is 9.81. The van der Waals surface area contributed by atoms with Gasteiger partial charge in [-0.05, 0) is 31.1 Å². The number of rotatable bonds is 3. The molecule has 1 fully saturated rings. The molecule has 4 heteroatoms. The second kappa shape index (κ2) is 8.16. The predicted octanol–water partition coefficient (Wildman–Crippen LogP) is 2.76. The molecule has 2 rings (SSSR count). The van der Waals surface area contributed by atoms with Crippen LogP contribution in [0.4, 0.5) is 0 Å². The lowest BCUT2D eigenvalue weighted by molar-refractivity contribution is 0.269. The third-order valence-electron chi connectivity index (χ3n) is 4.00. The van der Waals surface area contributed by atoms with E-state index < -0.39 is 0 Å². The van der Waals surface area contributed by atoms with Gasteiger partial charge in [0.2, 0.25) is 0 Å². The molecule has 100 valence electrons. The fraction of sp³-hybridized carbons (Fsp3) is 0.923. The molecule has 1 heterocycles. The molecule has 0 unspecified atom stereocenters. The van der Waals surface area contributed by atoms with Crippen LogP contribution in [-0.2, 0) is 0 Å². The summed E-state index contributed by atoms with van der Waals surface area (Å²) in [5, 5.41) is 6.78. The molecule has 0 aromatic carbocycles. The van der Waals surface area contributed by atoms with Gasteiger partial charge in [0.1, 0.15) is 0 Å². The van der Waals surface area contributed by atoms with Gasteiger partial charge in [-0.1, -0.05) is 26.2 Å². The Hall–Kier alpha value is 0. The molecule has 1 saturated carbocycles. The van der Waals surface area contributed by atoms with E-state index in [4.69, 9.17) is 0 Å². The first kappa shape index (κ1) is 15.1. The fourth-order valence-electron chi connectivity index (χ4n) is 2.74. The van der Waals surface area contributed by atoms with Gasteiger partial charge in [0.05, 0.1) is 0 Å². The molecule has 0 radical (unpaired) electrons. The largest absolute Gasteiger partial charge is 0.356 e. The maximum Gasteiger partial charge on any atom is 0.191 e. The molecule has 0 saturated heterocycles. The Morgan fingerprint density at radius 2 is 1.94 bits per heavy atom. The van der Waals surface area contributed by atoms with E-state index in [2.05, 4.69) is 22.5 Å². The number of aliphatic imine (C=N–C) groups is 1. The number of nitrogens with zero attached hydrogens (tertiary/aromatic N) is 1. The van der Waals surface area contributed by atoms with Crippen LogP contribution in [0.15, 0.2) is 4.99 Å². The first-order valence-electron chi connectivity index (χ1n) is 6.90. The molecule has 2 aliphatic rings. The molecule has 0 bridgehead atoms. The minimum atomic E-state index is 0. The smallest absolute Gasteiger partial charge is 0.191 e. The monoisotopic (exact) mass is 351 g/mol. The van der Waals surface area contributed by atoms with Crippen molar-refractivity contribution in [2.75, 3.05) is 19.6 Å². The van der Waals surface area contributed by atoms with Crippen LogP contribution in [0, 0.1) is 11.8 Å². The van der Waals surface area contributed by atoms with Gasteiger partial charge >= 0.3 is 0 Å². The van der Waals surface area contributed by atoms with Crippen LogP contribution in [-0.4, -0.2) is 25.6 Å². The molecular formula is C13H26IN3. The Kier molecular flexibility index (Phi) is 7.23. The number of nitrogens with one attached hydrogen (secondary N) is 2. The van der Waals surface area contributed by atoms with E-state index >= 15 is 0 Å². The van der Waals surface area contributed by atoms with Crippen molar-refractivity contribution in [1.82, 2.24) is 10.6 Å². The van der Waals surface area contributed by atoms with Gasteiger partial charge < -0.3 is 10.6 Å². The van der Waals surface area contributed by atoms with E-state index in [1.165, 1.54) is 38.5 Å². The highest BCUT2D eigenvalue weighted by molar-refractivity contribution is 14.0. The van der Waals surface area contributed by atoms with Gasteiger partial charge in [-0.15, -0.1) is 24.0 Å². The Balaban J connectivity index is 0.00000144. The van der Waals surface area contributed by atoms with Crippen LogP contribution in [0.25, 0.3) is 0 Å². The molecule has 3 nitrogen and oxygen atoms in total. The Labute approximate surface area is 122 Å². The molecule has 0 spiro atoms. The van der Waals surface area contributed by atoms with Gasteiger partial charge in [-0.3, -0.25) is 4.99 Å². The van der Waals surface area contributed by atoms with Crippen molar-refractivity contribution in [1.29, 1.82) is 0 Å². The molecule has 0 atom stereocenters. The average molecular weight is 351 g/mol. The Morgan fingerprint density at radius 1 is 1.24 bits per heavy atom. The van der Waals surface area contributed by atoms with E-state index in [0.717, 1.165) is 37.4 Å². The molecule has 0 aromatic rings. The van der Waals surface area contributed by atoms with Gasteiger partial charge in [0.15, 0.2) is 5.96 Å². The molecule has 0 amide bonds. The second-order valence-corrected chi connectivity index (χ2v) is 5.19. The van der Waals surface area contributed by atoms with Gasteiger partial charge in [0.25, 0.3) is 0 Å². The van der Waals surface area contributed by atoms with Crippen LogP contribution in [0.3, 0.4) is 0 Å². The average Bonchev–Trinajstić information content (AvgIpc) is 2.38. The standard InChI is InChI=1S/C13H25N3.HI/c1-2-11-4-6-12(7-5-11)10-16-13-14-8-3-9-15-13;/h11-12H,2-10H2,1H3,(H2,14,15,16);1H. The van der Waals surface area contributed by atoms with Crippen molar-refractivity contribution in [3.63, 3.8) is 0 Å². The van der Waals surface area contributed by atoms with E-state index in [-0.39, 0.29) is 24.0 Å². The first-order valence-corrected chi connectivity index (χ1v) is 6.90. The molecule has 1 aliphatic heterocycles. The summed E-state index contributed by atoms with van der Waals surface area (Å²) >= 11 is 0. The van der Waals surface area contributed by atoms with Gasteiger partial charge in [0, 0.05) is 19.6 Å². The SMILES string of the molecule is CCC1CCC(CNC2=NCCCN2)CC1.I. The zero-order valence-electron chi connectivity index (χ0n) is 10.9. The lowest BCUT2D eigenvalue weighted by Gasteiger charge is -2.28. The Bertz CT molecular complexity index is 235. The van der Waals surface area contributed by atoms with Crippen molar-refractivity contribution in [2.24, 2.45) is 16.8 Å². The van der Waals surface area contributed by atoms with E-state index in [0.29, 0.717) is 0 Å². The summed E-state index contributed by atoms with van der Waals surface area (Å²) in [4.78, 5) is 4.44. The van der Waals surface area contributed by atoms with Crippen molar-refractivity contribution in [3.8, 4) is 0 Å². The number of halogens is 1. The summed E-state index contributed by atoms with van der Waals surface area (Å²) in [6, 6.07) is 0. The maximum atomic E-state index is 4.44.